The number of rotatable bonds is 3. The smallest absolute Gasteiger partial charge is 0.294 e. The van der Waals surface area contributed by atoms with E-state index in [0.29, 0.717) is 18.7 Å². The fourth-order valence-corrected chi connectivity index (χ4v) is 2.67. The van der Waals surface area contributed by atoms with Gasteiger partial charge in [0.2, 0.25) is 5.78 Å². The van der Waals surface area contributed by atoms with E-state index in [1.165, 1.54) is 30.7 Å². The number of benzene rings is 1. The number of piperidine rings is 1. The average molecular weight is 300 g/mol. The first-order chi connectivity index (χ1) is 10.6. The summed E-state index contributed by atoms with van der Waals surface area (Å²) in [5, 5.41) is 9.22. The first-order valence-corrected chi connectivity index (χ1v) is 7.16. The normalized spacial score (nSPS) is 15.7. The van der Waals surface area contributed by atoms with Crippen molar-refractivity contribution >= 4 is 11.7 Å². The number of phenolic OH excluding ortho intramolecular Hbond substituents is 1. The number of likely N-dealkylation sites (tertiary alicyclic amines) is 1. The van der Waals surface area contributed by atoms with Gasteiger partial charge in [0, 0.05) is 24.6 Å². The highest BCUT2D eigenvalue weighted by Crippen LogP contribution is 2.27. The SMILES string of the molecule is O=C(C(=O)N1CCC(c2cnco2)CC1)c1ccc(O)cc1. The van der Waals surface area contributed by atoms with Crippen molar-refractivity contribution in [2.45, 2.75) is 18.8 Å². The van der Waals surface area contributed by atoms with Gasteiger partial charge in [0.15, 0.2) is 6.39 Å². The van der Waals surface area contributed by atoms with Crippen molar-refractivity contribution in [2.75, 3.05) is 13.1 Å². The third-order valence-electron chi connectivity index (χ3n) is 3.96. The summed E-state index contributed by atoms with van der Waals surface area (Å²) >= 11 is 0. The van der Waals surface area contributed by atoms with Crippen LogP contribution in [0.1, 0.15) is 34.9 Å². The van der Waals surface area contributed by atoms with E-state index in [2.05, 4.69) is 4.98 Å². The fraction of sp³-hybridized carbons (Fsp3) is 0.312. The third kappa shape index (κ3) is 2.86. The lowest BCUT2D eigenvalue weighted by Crippen LogP contribution is -2.41. The molecule has 2 aromatic rings. The van der Waals surface area contributed by atoms with Gasteiger partial charge in [0.1, 0.15) is 11.5 Å². The summed E-state index contributed by atoms with van der Waals surface area (Å²) < 4.78 is 5.29. The molecule has 3 rings (SSSR count). The average Bonchev–Trinajstić information content (AvgIpc) is 3.09. The summed E-state index contributed by atoms with van der Waals surface area (Å²) in [7, 11) is 0. The van der Waals surface area contributed by atoms with Gasteiger partial charge in [-0.3, -0.25) is 9.59 Å². The Morgan fingerprint density at radius 2 is 1.86 bits per heavy atom. The van der Waals surface area contributed by atoms with Crippen molar-refractivity contribution < 1.29 is 19.1 Å². The number of carbonyl (C=O) groups is 2. The van der Waals surface area contributed by atoms with Gasteiger partial charge in [-0.05, 0) is 37.1 Å². The van der Waals surface area contributed by atoms with Crippen molar-refractivity contribution in [1.29, 1.82) is 0 Å². The largest absolute Gasteiger partial charge is 0.508 e. The lowest BCUT2D eigenvalue weighted by molar-refractivity contribution is -0.127. The number of aromatic hydroxyl groups is 1. The molecule has 114 valence electrons. The Kier molecular flexibility index (Phi) is 3.91. The molecule has 0 atom stereocenters. The standard InChI is InChI=1S/C16H16N2O4/c19-13-3-1-12(2-4-13)15(20)16(21)18-7-5-11(6-8-18)14-9-17-10-22-14/h1-4,9-11,19H,5-8H2. The monoisotopic (exact) mass is 300 g/mol. The molecule has 0 spiro atoms. The van der Waals surface area contributed by atoms with E-state index in [1.807, 2.05) is 0 Å². The van der Waals surface area contributed by atoms with E-state index in [4.69, 9.17) is 4.42 Å². The summed E-state index contributed by atoms with van der Waals surface area (Å²) in [5.74, 6) is 0.101. The maximum atomic E-state index is 12.3. The number of amides is 1. The van der Waals surface area contributed by atoms with Crippen LogP contribution >= 0.6 is 0 Å². The zero-order valence-corrected chi connectivity index (χ0v) is 11.9. The summed E-state index contributed by atoms with van der Waals surface area (Å²) in [6.07, 6.45) is 4.61. The van der Waals surface area contributed by atoms with Crippen LogP contribution in [-0.2, 0) is 4.79 Å². The molecule has 1 aliphatic rings. The van der Waals surface area contributed by atoms with Crippen molar-refractivity contribution in [2.24, 2.45) is 0 Å². The molecule has 0 aliphatic carbocycles. The van der Waals surface area contributed by atoms with E-state index < -0.39 is 11.7 Å². The molecule has 1 aromatic heterocycles. The molecule has 1 amide bonds. The molecule has 0 bridgehead atoms. The molecule has 1 aliphatic heterocycles. The molecule has 1 saturated heterocycles. The number of Topliss-reactive ketones (excluding diaryl/α,β-unsaturated/α-hetero) is 1. The minimum atomic E-state index is -0.543. The molecule has 2 heterocycles. The van der Waals surface area contributed by atoms with Gasteiger partial charge in [0.05, 0.1) is 6.20 Å². The van der Waals surface area contributed by atoms with Crippen molar-refractivity contribution in [3.63, 3.8) is 0 Å². The third-order valence-corrected chi connectivity index (χ3v) is 3.96. The molecule has 22 heavy (non-hydrogen) atoms. The van der Waals surface area contributed by atoms with Crippen LogP contribution in [0.15, 0.2) is 41.3 Å². The van der Waals surface area contributed by atoms with Crippen LogP contribution < -0.4 is 0 Å². The number of nitrogens with zero attached hydrogens (tertiary/aromatic N) is 2. The number of ketones is 1. The van der Waals surface area contributed by atoms with E-state index in [9.17, 15) is 14.7 Å². The molecule has 1 N–H and O–H groups in total. The Bertz CT molecular complexity index is 656. The summed E-state index contributed by atoms with van der Waals surface area (Å²) in [5.41, 5.74) is 0.292. The van der Waals surface area contributed by atoms with Gasteiger partial charge >= 0.3 is 0 Å². The van der Waals surface area contributed by atoms with Gasteiger partial charge in [-0.1, -0.05) is 0 Å². The minimum Gasteiger partial charge on any atom is -0.508 e. The molecule has 6 heteroatoms. The minimum absolute atomic E-state index is 0.0665. The molecule has 0 radical (unpaired) electrons. The van der Waals surface area contributed by atoms with Crippen LogP contribution in [0.3, 0.4) is 0 Å². The maximum absolute atomic E-state index is 12.3. The second-order valence-electron chi connectivity index (χ2n) is 5.35. The number of hydrogen-bond donors (Lipinski definition) is 1. The number of phenols is 1. The molecular weight excluding hydrogens is 284 g/mol. The van der Waals surface area contributed by atoms with Crippen molar-refractivity contribution in [3.05, 3.63) is 48.2 Å². The van der Waals surface area contributed by atoms with E-state index in [-0.39, 0.29) is 11.7 Å². The Balaban J connectivity index is 1.62. The van der Waals surface area contributed by atoms with Crippen LogP contribution in [0.5, 0.6) is 5.75 Å². The molecule has 0 saturated carbocycles. The fourth-order valence-electron chi connectivity index (χ4n) is 2.67. The van der Waals surface area contributed by atoms with Gasteiger partial charge < -0.3 is 14.4 Å². The molecule has 1 aromatic carbocycles. The Hall–Kier alpha value is -2.63. The number of aromatic nitrogens is 1. The van der Waals surface area contributed by atoms with Crippen LogP contribution in [0, 0.1) is 0 Å². The number of oxazole rings is 1. The highest BCUT2D eigenvalue weighted by molar-refractivity contribution is 6.42. The van der Waals surface area contributed by atoms with Crippen molar-refractivity contribution in [1.82, 2.24) is 9.88 Å². The van der Waals surface area contributed by atoms with Crippen LogP contribution in [0.4, 0.5) is 0 Å². The first kappa shape index (κ1) is 14.3. The maximum Gasteiger partial charge on any atom is 0.294 e. The lowest BCUT2D eigenvalue weighted by Gasteiger charge is -2.30. The number of hydrogen-bond acceptors (Lipinski definition) is 5. The number of carbonyl (C=O) groups excluding carboxylic acids is 2. The quantitative estimate of drug-likeness (QED) is 0.692. The lowest BCUT2D eigenvalue weighted by atomic mass is 9.94. The van der Waals surface area contributed by atoms with Gasteiger partial charge in [0.25, 0.3) is 5.91 Å². The summed E-state index contributed by atoms with van der Waals surface area (Å²) in [6.45, 7) is 1.04. The summed E-state index contributed by atoms with van der Waals surface area (Å²) in [6, 6.07) is 5.71. The van der Waals surface area contributed by atoms with Gasteiger partial charge in [-0.2, -0.15) is 0 Å². The van der Waals surface area contributed by atoms with Crippen molar-refractivity contribution in [3.8, 4) is 5.75 Å². The topological polar surface area (TPSA) is 83.6 Å². The highest BCUT2D eigenvalue weighted by atomic mass is 16.3. The first-order valence-electron chi connectivity index (χ1n) is 7.16. The van der Waals surface area contributed by atoms with E-state index in [0.717, 1.165) is 18.6 Å². The van der Waals surface area contributed by atoms with Crippen LogP contribution in [0.25, 0.3) is 0 Å². The summed E-state index contributed by atoms with van der Waals surface area (Å²) in [4.78, 5) is 29.9. The molecular formula is C16H16N2O4. The van der Waals surface area contributed by atoms with Crippen LogP contribution in [-0.4, -0.2) is 39.8 Å². The molecule has 0 unspecified atom stereocenters. The molecule has 6 nitrogen and oxygen atoms in total. The Morgan fingerprint density at radius 3 is 2.45 bits per heavy atom. The zero-order chi connectivity index (χ0) is 15.5. The van der Waals surface area contributed by atoms with Gasteiger partial charge in [-0.15, -0.1) is 0 Å². The van der Waals surface area contributed by atoms with E-state index >= 15 is 0 Å². The second kappa shape index (κ2) is 6.01. The molecule has 1 fully saturated rings. The predicted molar refractivity (Wildman–Crippen MR) is 77.5 cm³/mol. The van der Waals surface area contributed by atoms with Gasteiger partial charge in [-0.25, -0.2) is 4.98 Å². The van der Waals surface area contributed by atoms with Crippen LogP contribution in [0.2, 0.25) is 0 Å². The second-order valence-corrected chi connectivity index (χ2v) is 5.35. The Morgan fingerprint density at radius 1 is 1.18 bits per heavy atom. The Labute approximate surface area is 127 Å². The highest BCUT2D eigenvalue weighted by Gasteiger charge is 2.29. The zero-order valence-electron chi connectivity index (χ0n) is 11.9. The predicted octanol–water partition coefficient (Wildman–Crippen LogP) is 1.97. The van der Waals surface area contributed by atoms with E-state index in [1.54, 1.807) is 11.1 Å².